The van der Waals surface area contributed by atoms with E-state index in [2.05, 4.69) is 35.1 Å². The fourth-order valence-corrected chi connectivity index (χ4v) is 2.49. The molecular weight excluding hydrogens is 338 g/mol. The number of carbonyl (C=O) groups excluding carboxylic acids is 1. The van der Waals surface area contributed by atoms with Gasteiger partial charge in [0.2, 0.25) is 5.75 Å². The number of nitrogens with one attached hydrogen (secondary N) is 1. The highest BCUT2D eigenvalue weighted by atomic mass is 79.9. The molecule has 0 bridgehead atoms. The van der Waals surface area contributed by atoms with Crippen LogP contribution in [0.1, 0.15) is 30.6 Å². The van der Waals surface area contributed by atoms with Crippen molar-refractivity contribution in [3.8, 4) is 17.2 Å². The Balaban J connectivity index is 3.09. The molecule has 0 atom stereocenters. The lowest BCUT2D eigenvalue weighted by Crippen LogP contribution is -2.25. The van der Waals surface area contributed by atoms with E-state index >= 15 is 0 Å². The van der Waals surface area contributed by atoms with Gasteiger partial charge in [0.1, 0.15) is 0 Å². The van der Waals surface area contributed by atoms with Gasteiger partial charge in [0.05, 0.1) is 31.4 Å². The molecule has 1 aromatic carbocycles. The van der Waals surface area contributed by atoms with E-state index < -0.39 is 0 Å². The van der Waals surface area contributed by atoms with Crippen LogP contribution in [0.5, 0.6) is 17.2 Å². The lowest BCUT2D eigenvalue weighted by molar-refractivity contribution is 0.0950. The summed E-state index contributed by atoms with van der Waals surface area (Å²) in [6, 6.07) is 1.64. The normalized spacial score (nSPS) is 10.4. The second-order valence-corrected chi connectivity index (χ2v) is 5.74. The summed E-state index contributed by atoms with van der Waals surface area (Å²) < 4.78 is 16.4. The van der Waals surface area contributed by atoms with Gasteiger partial charge in [-0.1, -0.05) is 13.8 Å². The first-order valence-corrected chi connectivity index (χ1v) is 7.52. The van der Waals surface area contributed by atoms with E-state index in [0.29, 0.717) is 39.7 Å². The topological polar surface area (TPSA) is 56.8 Å². The van der Waals surface area contributed by atoms with Gasteiger partial charge in [-0.05, 0) is 34.3 Å². The summed E-state index contributed by atoms with van der Waals surface area (Å²) in [7, 11) is 4.56. The Morgan fingerprint density at radius 3 is 2.29 bits per heavy atom. The van der Waals surface area contributed by atoms with Crippen molar-refractivity contribution < 1.29 is 19.0 Å². The van der Waals surface area contributed by atoms with E-state index in [0.717, 1.165) is 6.42 Å². The minimum atomic E-state index is -0.179. The third kappa shape index (κ3) is 4.27. The molecule has 1 rings (SSSR count). The first kappa shape index (κ1) is 17.6. The Bertz CT molecular complexity index is 503. The van der Waals surface area contributed by atoms with Crippen LogP contribution in [0.3, 0.4) is 0 Å². The molecule has 6 heteroatoms. The molecule has 0 saturated heterocycles. The molecule has 118 valence electrons. The van der Waals surface area contributed by atoms with Crippen molar-refractivity contribution in [2.75, 3.05) is 27.9 Å². The van der Waals surface area contributed by atoms with Crippen molar-refractivity contribution in [2.45, 2.75) is 20.3 Å². The predicted octanol–water partition coefficient (Wildman–Crippen LogP) is 3.25. The molecule has 0 heterocycles. The average molecular weight is 360 g/mol. The first-order valence-electron chi connectivity index (χ1n) is 6.72. The summed E-state index contributed by atoms with van der Waals surface area (Å²) in [5.41, 5.74) is 0.452. The Morgan fingerprint density at radius 2 is 1.81 bits per heavy atom. The number of carbonyl (C=O) groups is 1. The van der Waals surface area contributed by atoms with Crippen LogP contribution in [0, 0.1) is 5.92 Å². The standard InChI is InChI=1S/C15H22BrNO4/c1-9(2)6-7-17-15(18)10-8-11(19-3)13(20-4)14(21-5)12(10)16/h8-9H,6-7H2,1-5H3,(H,17,18). The van der Waals surface area contributed by atoms with E-state index in [1.807, 2.05) is 0 Å². The molecule has 21 heavy (non-hydrogen) atoms. The van der Waals surface area contributed by atoms with Crippen LogP contribution in [0.25, 0.3) is 0 Å². The second kappa shape index (κ2) is 8.12. The Morgan fingerprint density at radius 1 is 1.19 bits per heavy atom. The van der Waals surface area contributed by atoms with Gasteiger partial charge in [-0.2, -0.15) is 0 Å². The second-order valence-electron chi connectivity index (χ2n) is 4.95. The van der Waals surface area contributed by atoms with Gasteiger partial charge in [0.25, 0.3) is 5.91 Å². The van der Waals surface area contributed by atoms with Gasteiger partial charge in [0.15, 0.2) is 11.5 Å². The van der Waals surface area contributed by atoms with Crippen LogP contribution >= 0.6 is 15.9 Å². The zero-order chi connectivity index (χ0) is 16.0. The molecule has 0 aliphatic carbocycles. The van der Waals surface area contributed by atoms with Crippen LogP contribution in [-0.4, -0.2) is 33.8 Å². The summed E-state index contributed by atoms with van der Waals surface area (Å²) in [4.78, 5) is 12.3. The number of methoxy groups -OCH3 is 3. The van der Waals surface area contributed by atoms with E-state index in [1.54, 1.807) is 6.07 Å². The average Bonchev–Trinajstić information content (AvgIpc) is 2.45. The summed E-state index contributed by atoms with van der Waals surface area (Å²) in [6.07, 6.45) is 0.924. The third-order valence-corrected chi connectivity index (χ3v) is 3.81. The summed E-state index contributed by atoms with van der Waals surface area (Å²) in [6.45, 7) is 4.85. The number of hydrogen-bond donors (Lipinski definition) is 1. The smallest absolute Gasteiger partial charge is 0.252 e. The summed E-state index contributed by atoms with van der Waals surface area (Å²) in [5.74, 6) is 1.69. The number of amides is 1. The van der Waals surface area contributed by atoms with Gasteiger partial charge < -0.3 is 19.5 Å². The maximum atomic E-state index is 12.3. The third-order valence-electron chi connectivity index (χ3n) is 3.02. The minimum absolute atomic E-state index is 0.179. The lowest BCUT2D eigenvalue weighted by atomic mass is 10.1. The highest BCUT2D eigenvalue weighted by Gasteiger charge is 2.22. The quantitative estimate of drug-likeness (QED) is 0.811. The maximum absolute atomic E-state index is 12.3. The van der Waals surface area contributed by atoms with Crippen LogP contribution in [-0.2, 0) is 0 Å². The monoisotopic (exact) mass is 359 g/mol. The van der Waals surface area contributed by atoms with E-state index in [9.17, 15) is 4.79 Å². The number of rotatable bonds is 7. The van der Waals surface area contributed by atoms with Crippen LogP contribution in [0.4, 0.5) is 0 Å². The van der Waals surface area contributed by atoms with Crippen molar-refractivity contribution in [2.24, 2.45) is 5.92 Å². The van der Waals surface area contributed by atoms with Crippen molar-refractivity contribution >= 4 is 21.8 Å². The van der Waals surface area contributed by atoms with E-state index in [4.69, 9.17) is 14.2 Å². The van der Waals surface area contributed by atoms with Gasteiger partial charge in [0, 0.05) is 6.54 Å². The molecule has 1 aromatic rings. The molecular formula is C15H22BrNO4. The first-order chi connectivity index (χ1) is 9.96. The molecule has 0 fully saturated rings. The molecule has 0 saturated carbocycles. The predicted molar refractivity (Wildman–Crippen MR) is 85.6 cm³/mol. The van der Waals surface area contributed by atoms with Gasteiger partial charge >= 0.3 is 0 Å². The Hall–Kier alpha value is -1.43. The Kier molecular flexibility index (Phi) is 6.81. The maximum Gasteiger partial charge on any atom is 0.252 e. The molecule has 0 spiro atoms. The van der Waals surface area contributed by atoms with Gasteiger partial charge in [-0.25, -0.2) is 0 Å². The highest BCUT2D eigenvalue weighted by molar-refractivity contribution is 9.10. The van der Waals surface area contributed by atoms with Crippen LogP contribution in [0.2, 0.25) is 0 Å². The number of ether oxygens (including phenoxy) is 3. The summed E-state index contributed by atoms with van der Waals surface area (Å²) in [5, 5.41) is 2.89. The lowest BCUT2D eigenvalue weighted by Gasteiger charge is -2.16. The molecule has 1 N–H and O–H groups in total. The largest absolute Gasteiger partial charge is 0.493 e. The molecule has 0 aliphatic rings. The van der Waals surface area contributed by atoms with Gasteiger partial charge in [-0.3, -0.25) is 4.79 Å². The van der Waals surface area contributed by atoms with Crippen molar-refractivity contribution in [3.05, 3.63) is 16.1 Å². The molecule has 0 radical (unpaired) electrons. The molecule has 0 aliphatic heterocycles. The highest BCUT2D eigenvalue weighted by Crippen LogP contribution is 2.44. The molecule has 1 amide bonds. The fourth-order valence-electron chi connectivity index (χ4n) is 1.86. The van der Waals surface area contributed by atoms with Crippen LogP contribution in [0.15, 0.2) is 10.5 Å². The van der Waals surface area contributed by atoms with Crippen molar-refractivity contribution in [1.29, 1.82) is 0 Å². The minimum Gasteiger partial charge on any atom is -0.493 e. The number of hydrogen-bond acceptors (Lipinski definition) is 4. The summed E-state index contributed by atoms with van der Waals surface area (Å²) >= 11 is 3.40. The van der Waals surface area contributed by atoms with E-state index in [-0.39, 0.29) is 5.91 Å². The van der Waals surface area contributed by atoms with Crippen molar-refractivity contribution in [1.82, 2.24) is 5.32 Å². The van der Waals surface area contributed by atoms with E-state index in [1.165, 1.54) is 21.3 Å². The number of halogens is 1. The Labute approximate surface area is 134 Å². The van der Waals surface area contributed by atoms with Crippen molar-refractivity contribution in [3.63, 3.8) is 0 Å². The van der Waals surface area contributed by atoms with Gasteiger partial charge in [-0.15, -0.1) is 0 Å². The van der Waals surface area contributed by atoms with Crippen LogP contribution < -0.4 is 19.5 Å². The molecule has 0 aromatic heterocycles. The fraction of sp³-hybridized carbons (Fsp3) is 0.533. The molecule has 0 unspecified atom stereocenters. The zero-order valence-corrected chi connectivity index (χ0v) is 14.7. The number of benzene rings is 1. The molecule has 5 nitrogen and oxygen atoms in total. The zero-order valence-electron chi connectivity index (χ0n) is 13.1. The SMILES string of the molecule is COc1cc(C(=O)NCCC(C)C)c(Br)c(OC)c1OC.